The van der Waals surface area contributed by atoms with Crippen molar-refractivity contribution in [1.29, 1.82) is 0 Å². The largest absolute Gasteiger partial charge is 0.462 e. The minimum absolute atomic E-state index is 0.308. The van der Waals surface area contributed by atoms with Crippen molar-refractivity contribution in [1.82, 2.24) is 4.98 Å². The second-order valence-corrected chi connectivity index (χ2v) is 5.30. The predicted octanol–water partition coefficient (Wildman–Crippen LogP) is 1.19. The maximum Gasteiger partial charge on any atom is 0.340 e. The fraction of sp³-hybridized carbons (Fsp3) is 0.571. The van der Waals surface area contributed by atoms with Gasteiger partial charge in [0.1, 0.15) is 0 Å². The molecule has 0 aromatic carbocycles. The van der Waals surface area contributed by atoms with Crippen LogP contribution in [0.2, 0.25) is 0 Å². The molecule has 3 N–H and O–H groups in total. The number of carbonyl (C=O) groups is 1. The van der Waals surface area contributed by atoms with E-state index in [1.54, 1.807) is 19.2 Å². The molecule has 0 saturated carbocycles. The van der Waals surface area contributed by atoms with E-state index >= 15 is 0 Å². The van der Waals surface area contributed by atoms with Crippen molar-refractivity contribution in [2.45, 2.75) is 32.3 Å². The molecule has 0 atom stereocenters. The normalized spacial score (nSPS) is 17.9. The van der Waals surface area contributed by atoms with Gasteiger partial charge in [-0.2, -0.15) is 0 Å². The number of pyridine rings is 1. The highest BCUT2D eigenvalue weighted by molar-refractivity contribution is 5.97. The maximum atomic E-state index is 11.8. The number of piperidine rings is 1. The molecule has 110 valence electrons. The van der Waals surface area contributed by atoms with Crippen molar-refractivity contribution >= 4 is 17.5 Å². The molecule has 1 aliphatic heterocycles. The van der Waals surface area contributed by atoms with Crippen LogP contribution >= 0.6 is 0 Å². The molecule has 0 aliphatic carbocycles. The first-order valence-corrected chi connectivity index (χ1v) is 6.83. The number of nitrogens with two attached hydrogens (primary N) is 1. The van der Waals surface area contributed by atoms with E-state index in [4.69, 9.17) is 10.5 Å². The zero-order valence-corrected chi connectivity index (χ0v) is 11.9. The van der Waals surface area contributed by atoms with Crippen LogP contribution in [0.5, 0.6) is 0 Å². The highest BCUT2D eigenvalue weighted by atomic mass is 16.5. The molecule has 6 heteroatoms. The van der Waals surface area contributed by atoms with E-state index in [1.165, 1.54) is 0 Å². The second kappa shape index (κ2) is 5.66. The zero-order valence-electron chi connectivity index (χ0n) is 11.9. The summed E-state index contributed by atoms with van der Waals surface area (Å²) in [4.78, 5) is 18.1. The summed E-state index contributed by atoms with van der Waals surface area (Å²) in [7, 11) is 0. The molecule has 0 bridgehead atoms. The lowest BCUT2D eigenvalue weighted by atomic mass is 9.94. The smallest absolute Gasteiger partial charge is 0.340 e. The molecule has 1 fully saturated rings. The average molecular weight is 279 g/mol. The highest BCUT2D eigenvalue weighted by Crippen LogP contribution is 2.29. The fourth-order valence-electron chi connectivity index (χ4n) is 2.30. The summed E-state index contributed by atoms with van der Waals surface area (Å²) < 4.78 is 4.98. The van der Waals surface area contributed by atoms with Crippen LogP contribution < -0.4 is 10.6 Å². The Balaban J connectivity index is 2.21. The van der Waals surface area contributed by atoms with Gasteiger partial charge in [-0.15, -0.1) is 0 Å². The van der Waals surface area contributed by atoms with Crippen molar-refractivity contribution in [3.05, 3.63) is 17.8 Å². The molecular formula is C14H21N3O3. The van der Waals surface area contributed by atoms with Gasteiger partial charge in [-0.05, 0) is 32.8 Å². The Kier molecular flexibility index (Phi) is 4.13. The van der Waals surface area contributed by atoms with Gasteiger partial charge < -0.3 is 20.5 Å². The monoisotopic (exact) mass is 279 g/mol. The van der Waals surface area contributed by atoms with Crippen LogP contribution in [0.1, 0.15) is 37.0 Å². The van der Waals surface area contributed by atoms with Gasteiger partial charge in [0.15, 0.2) is 5.82 Å². The van der Waals surface area contributed by atoms with Crippen LogP contribution in [-0.4, -0.2) is 41.4 Å². The summed E-state index contributed by atoms with van der Waals surface area (Å²) in [5.74, 6) is 0.156. The lowest BCUT2D eigenvalue weighted by Gasteiger charge is -2.36. The number of anilines is 2. The number of carbonyl (C=O) groups excluding carboxylic acids is 1. The standard InChI is InChI=1S/C14H21N3O3/c1-3-20-13(18)10-4-7-16-12(11(10)15)17-8-5-14(2,19)6-9-17/h4,7,19H,3,5-6,8-9,15H2,1-2H3. The van der Waals surface area contributed by atoms with Gasteiger partial charge in [0, 0.05) is 19.3 Å². The number of nitrogen functional groups attached to an aromatic ring is 1. The minimum Gasteiger partial charge on any atom is -0.462 e. The van der Waals surface area contributed by atoms with Gasteiger partial charge in [0.25, 0.3) is 0 Å². The van der Waals surface area contributed by atoms with Gasteiger partial charge in [-0.25, -0.2) is 9.78 Å². The molecule has 20 heavy (non-hydrogen) atoms. The quantitative estimate of drug-likeness (QED) is 0.808. The van der Waals surface area contributed by atoms with E-state index in [2.05, 4.69) is 4.98 Å². The van der Waals surface area contributed by atoms with Crippen LogP contribution in [0.3, 0.4) is 0 Å². The van der Waals surface area contributed by atoms with E-state index in [0.717, 1.165) is 0 Å². The van der Waals surface area contributed by atoms with Crippen molar-refractivity contribution in [2.75, 3.05) is 30.3 Å². The maximum absolute atomic E-state index is 11.8. The molecule has 2 rings (SSSR count). The van der Waals surface area contributed by atoms with Crippen molar-refractivity contribution in [2.24, 2.45) is 0 Å². The number of nitrogens with zero attached hydrogens (tertiary/aromatic N) is 2. The van der Waals surface area contributed by atoms with E-state index < -0.39 is 11.6 Å². The number of ether oxygens (including phenoxy) is 1. The number of aromatic nitrogens is 1. The Hall–Kier alpha value is -1.82. The molecule has 0 amide bonds. The highest BCUT2D eigenvalue weighted by Gasteiger charge is 2.29. The van der Waals surface area contributed by atoms with Gasteiger partial charge in [0.05, 0.1) is 23.5 Å². The van der Waals surface area contributed by atoms with Crippen LogP contribution in [-0.2, 0) is 4.74 Å². The molecule has 0 unspecified atom stereocenters. The molecule has 1 aromatic heterocycles. The Labute approximate surface area is 118 Å². The summed E-state index contributed by atoms with van der Waals surface area (Å²) in [6.45, 7) is 5.22. The third-order valence-corrected chi connectivity index (χ3v) is 3.60. The van der Waals surface area contributed by atoms with Crippen molar-refractivity contribution in [3.8, 4) is 0 Å². The molecule has 2 heterocycles. The number of aliphatic hydroxyl groups is 1. The number of hydrogen-bond donors (Lipinski definition) is 2. The fourth-order valence-corrected chi connectivity index (χ4v) is 2.30. The van der Waals surface area contributed by atoms with Gasteiger partial charge in [-0.1, -0.05) is 0 Å². The molecule has 1 saturated heterocycles. The number of esters is 1. The zero-order chi connectivity index (χ0) is 14.8. The first-order valence-electron chi connectivity index (χ1n) is 6.83. The molecule has 0 spiro atoms. The first-order chi connectivity index (χ1) is 9.44. The van der Waals surface area contributed by atoms with Crippen LogP contribution in [0.4, 0.5) is 11.5 Å². The number of rotatable bonds is 3. The summed E-state index contributed by atoms with van der Waals surface area (Å²) in [6.07, 6.45) is 2.86. The lowest BCUT2D eigenvalue weighted by Crippen LogP contribution is -2.43. The summed E-state index contributed by atoms with van der Waals surface area (Å²) in [5.41, 5.74) is 6.09. The SMILES string of the molecule is CCOC(=O)c1ccnc(N2CCC(C)(O)CC2)c1N. The molecule has 1 aromatic rings. The van der Waals surface area contributed by atoms with Crippen LogP contribution in [0.15, 0.2) is 12.3 Å². The van der Waals surface area contributed by atoms with E-state index in [0.29, 0.717) is 49.6 Å². The third-order valence-electron chi connectivity index (χ3n) is 3.60. The van der Waals surface area contributed by atoms with E-state index in [1.807, 2.05) is 11.8 Å². The van der Waals surface area contributed by atoms with Crippen LogP contribution in [0, 0.1) is 0 Å². The number of hydrogen-bond acceptors (Lipinski definition) is 6. The van der Waals surface area contributed by atoms with Gasteiger partial charge in [-0.3, -0.25) is 0 Å². The molecule has 6 nitrogen and oxygen atoms in total. The van der Waals surface area contributed by atoms with Crippen molar-refractivity contribution in [3.63, 3.8) is 0 Å². The first kappa shape index (κ1) is 14.6. The third kappa shape index (κ3) is 3.01. The van der Waals surface area contributed by atoms with Crippen molar-refractivity contribution < 1.29 is 14.6 Å². The minimum atomic E-state index is -0.635. The lowest BCUT2D eigenvalue weighted by molar-refractivity contribution is 0.0349. The molecule has 1 aliphatic rings. The summed E-state index contributed by atoms with van der Waals surface area (Å²) in [6, 6.07) is 1.57. The molecule has 0 radical (unpaired) electrons. The van der Waals surface area contributed by atoms with Crippen LogP contribution in [0.25, 0.3) is 0 Å². The van der Waals surface area contributed by atoms with E-state index in [-0.39, 0.29) is 0 Å². The van der Waals surface area contributed by atoms with Gasteiger partial charge in [0.2, 0.25) is 0 Å². The van der Waals surface area contributed by atoms with Gasteiger partial charge >= 0.3 is 5.97 Å². The second-order valence-electron chi connectivity index (χ2n) is 5.30. The topological polar surface area (TPSA) is 88.7 Å². The predicted molar refractivity (Wildman–Crippen MR) is 76.7 cm³/mol. The summed E-state index contributed by atoms with van der Waals surface area (Å²) >= 11 is 0. The van der Waals surface area contributed by atoms with E-state index in [9.17, 15) is 9.90 Å². The summed E-state index contributed by atoms with van der Waals surface area (Å²) in [5, 5.41) is 9.97. The Morgan fingerprint density at radius 1 is 1.55 bits per heavy atom. The Morgan fingerprint density at radius 3 is 2.80 bits per heavy atom. The molecular weight excluding hydrogens is 258 g/mol. The Bertz CT molecular complexity index is 492. The average Bonchev–Trinajstić information content (AvgIpc) is 2.40. The Morgan fingerprint density at radius 2 is 2.20 bits per heavy atom.